The minimum absolute atomic E-state index is 0.322. The number of aliphatic hydroxyl groups is 1. The molecule has 0 bridgehead atoms. The van der Waals surface area contributed by atoms with Gasteiger partial charge in [0.25, 0.3) is 0 Å². The van der Waals surface area contributed by atoms with Gasteiger partial charge in [0.05, 0.1) is 12.6 Å². The second-order valence-corrected chi connectivity index (χ2v) is 6.28. The Morgan fingerprint density at radius 2 is 2.04 bits per heavy atom. The van der Waals surface area contributed by atoms with E-state index in [1.54, 1.807) is 7.11 Å². The Hall–Kier alpha value is -1.02. The number of ether oxygens (including phenoxy) is 4. The standard InChI is InChI=1S/C18H27NO5/c1-3-4-10-19-14-15(20)16-13(23-18(14)21-2)11-22-17(24-16)12-8-6-5-7-9-12/h5-9,13-20H,3-4,10-11H2,1-2H3/t13-,14-,15+,16-,17-,18+/m1/s1. The van der Waals surface area contributed by atoms with Crippen LogP contribution in [0.1, 0.15) is 31.6 Å². The second kappa shape index (κ2) is 8.38. The van der Waals surface area contributed by atoms with Crippen molar-refractivity contribution in [1.82, 2.24) is 5.32 Å². The Morgan fingerprint density at radius 3 is 2.75 bits per heavy atom. The molecule has 2 aliphatic heterocycles. The lowest BCUT2D eigenvalue weighted by atomic mass is 9.95. The van der Waals surface area contributed by atoms with E-state index >= 15 is 0 Å². The van der Waals surface area contributed by atoms with Crippen molar-refractivity contribution < 1.29 is 24.1 Å². The molecule has 0 saturated carbocycles. The molecule has 2 N–H and O–H groups in total. The van der Waals surface area contributed by atoms with Crippen molar-refractivity contribution in [2.24, 2.45) is 0 Å². The van der Waals surface area contributed by atoms with Crippen LogP contribution in [0.3, 0.4) is 0 Å². The summed E-state index contributed by atoms with van der Waals surface area (Å²) >= 11 is 0. The third-order valence-electron chi connectivity index (χ3n) is 4.58. The van der Waals surface area contributed by atoms with Crippen LogP contribution < -0.4 is 5.32 Å². The molecule has 2 heterocycles. The van der Waals surface area contributed by atoms with Crippen molar-refractivity contribution in [2.45, 2.75) is 56.7 Å². The number of hydrogen-bond donors (Lipinski definition) is 2. The van der Waals surface area contributed by atoms with E-state index in [9.17, 15) is 5.11 Å². The molecule has 0 unspecified atom stereocenters. The van der Waals surface area contributed by atoms with E-state index in [1.807, 2.05) is 30.3 Å². The molecule has 0 radical (unpaired) electrons. The number of nitrogens with one attached hydrogen (secondary N) is 1. The van der Waals surface area contributed by atoms with Crippen molar-refractivity contribution in [3.63, 3.8) is 0 Å². The lowest BCUT2D eigenvalue weighted by Gasteiger charge is -2.47. The van der Waals surface area contributed by atoms with Crippen molar-refractivity contribution in [2.75, 3.05) is 20.3 Å². The Morgan fingerprint density at radius 1 is 1.25 bits per heavy atom. The molecule has 1 aromatic carbocycles. The Kier molecular flexibility index (Phi) is 6.21. The molecule has 2 aliphatic rings. The Balaban J connectivity index is 1.69. The lowest BCUT2D eigenvalue weighted by molar-refractivity contribution is -0.341. The van der Waals surface area contributed by atoms with Gasteiger partial charge in [-0.05, 0) is 13.0 Å². The Bertz CT molecular complexity index is 499. The first-order valence-corrected chi connectivity index (χ1v) is 8.66. The summed E-state index contributed by atoms with van der Waals surface area (Å²) in [5.74, 6) is 0. The molecule has 0 amide bonds. The summed E-state index contributed by atoms with van der Waals surface area (Å²) in [6.07, 6.45) is -0.394. The molecular weight excluding hydrogens is 310 g/mol. The second-order valence-electron chi connectivity index (χ2n) is 6.28. The van der Waals surface area contributed by atoms with E-state index < -0.39 is 24.8 Å². The molecule has 0 spiro atoms. The number of methoxy groups -OCH3 is 1. The van der Waals surface area contributed by atoms with Crippen molar-refractivity contribution in [3.8, 4) is 0 Å². The largest absolute Gasteiger partial charge is 0.388 e. The van der Waals surface area contributed by atoms with Crippen LogP contribution in [-0.4, -0.2) is 56.0 Å². The molecule has 2 fully saturated rings. The topological polar surface area (TPSA) is 69.2 Å². The average molecular weight is 337 g/mol. The fourth-order valence-corrected chi connectivity index (χ4v) is 3.24. The van der Waals surface area contributed by atoms with E-state index in [0.29, 0.717) is 6.61 Å². The van der Waals surface area contributed by atoms with Crippen LogP contribution >= 0.6 is 0 Å². The predicted molar refractivity (Wildman–Crippen MR) is 88.4 cm³/mol. The maximum atomic E-state index is 10.8. The first-order chi connectivity index (χ1) is 11.7. The molecule has 6 atom stereocenters. The highest BCUT2D eigenvalue weighted by molar-refractivity contribution is 5.16. The maximum Gasteiger partial charge on any atom is 0.184 e. The van der Waals surface area contributed by atoms with E-state index in [0.717, 1.165) is 24.9 Å². The third-order valence-corrected chi connectivity index (χ3v) is 4.58. The van der Waals surface area contributed by atoms with Gasteiger partial charge in [0, 0.05) is 12.7 Å². The molecular formula is C18H27NO5. The van der Waals surface area contributed by atoms with Gasteiger partial charge in [-0.3, -0.25) is 0 Å². The molecule has 2 saturated heterocycles. The minimum Gasteiger partial charge on any atom is -0.388 e. The van der Waals surface area contributed by atoms with Gasteiger partial charge in [-0.2, -0.15) is 0 Å². The van der Waals surface area contributed by atoms with Gasteiger partial charge in [0.1, 0.15) is 18.3 Å². The molecule has 6 heteroatoms. The van der Waals surface area contributed by atoms with Gasteiger partial charge in [0.15, 0.2) is 12.6 Å². The SMILES string of the molecule is CCCCN[C@H]1[C@@H](OC)O[C@@H]2CO[C@@H](c3ccccc3)O[C@H]2[C@H]1O. The van der Waals surface area contributed by atoms with Crippen molar-refractivity contribution in [3.05, 3.63) is 35.9 Å². The molecule has 0 aliphatic carbocycles. The van der Waals surface area contributed by atoms with Crippen molar-refractivity contribution in [1.29, 1.82) is 0 Å². The molecule has 0 aromatic heterocycles. The predicted octanol–water partition coefficient (Wildman–Crippen LogP) is 1.59. The highest BCUT2D eigenvalue weighted by Crippen LogP contribution is 2.34. The summed E-state index contributed by atoms with van der Waals surface area (Å²) in [5.41, 5.74) is 0.938. The smallest absolute Gasteiger partial charge is 0.184 e. The van der Waals surface area contributed by atoms with Gasteiger partial charge in [-0.15, -0.1) is 0 Å². The first kappa shape index (κ1) is 17.8. The highest BCUT2D eigenvalue weighted by atomic mass is 16.7. The highest BCUT2D eigenvalue weighted by Gasteiger charge is 2.49. The van der Waals surface area contributed by atoms with Crippen LogP contribution in [-0.2, 0) is 18.9 Å². The zero-order valence-corrected chi connectivity index (χ0v) is 14.3. The van der Waals surface area contributed by atoms with Crippen LogP contribution in [0.4, 0.5) is 0 Å². The number of hydrogen-bond acceptors (Lipinski definition) is 6. The van der Waals surface area contributed by atoms with E-state index in [-0.39, 0.29) is 12.1 Å². The summed E-state index contributed by atoms with van der Waals surface area (Å²) in [5, 5.41) is 14.2. The normalized spacial score (nSPS) is 36.3. The summed E-state index contributed by atoms with van der Waals surface area (Å²) in [6, 6.07) is 9.42. The number of unbranched alkanes of at least 4 members (excludes halogenated alkanes) is 1. The van der Waals surface area contributed by atoms with Gasteiger partial charge in [0.2, 0.25) is 0 Å². The summed E-state index contributed by atoms with van der Waals surface area (Å²) in [7, 11) is 1.59. The number of benzene rings is 1. The molecule has 6 nitrogen and oxygen atoms in total. The molecule has 1 aromatic rings. The molecule has 134 valence electrons. The van der Waals surface area contributed by atoms with Gasteiger partial charge in [-0.25, -0.2) is 0 Å². The average Bonchev–Trinajstić information content (AvgIpc) is 2.64. The summed E-state index contributed by atoms with van der Waals surface area (Å²) in [4.78, 5) is 0. The Labute approximate surface area is 143 Å². The van der Waals surface area contributed by atoms with Crippen LogP contribution in [0.25, 0.3) is 0 Å². The fourth-order valence-electron chi connectivity index (χ4n) is 3.24. The zero-order valence-electron chi connectivity index (χ0n) is 14.3. The summed E-state index contributed by atoms with van der Waals surface area (Å²) in [6.45, 7) is 3.30. The van der Waals surface area contributed by atoms with Crippen molar-refractivity contribution >= 4 is 0 Å². The summed E-state index contributed by atoms with van der Waals surface area (Å²) < 4.78 is 23.2. The molecule has 24 heavy (non-hydrogen) atoms. The van der Waals surface area contributed by atoms with E-state index in [4.69, 9.17) is 18.9 Å². The van der Waals surface area contributed by atoms with Gasteiger partial charge in [-0.1, -0.05) is 43.7 Å². The first-order valence-electron chi connectivity index (χ1n) is 8.66. The van der Waals surface area contributed by atoms with Crippen LogP contribution in [0, 0.1) is 0 Å². The van der Waals surface area contributed by atoms with Gasteiger partial charge >= 0.3 is 0 Å². The van der Waals surface area contributed by atoms with Crippen LogP contribution in [0.5, 0.6) is 0 Å². The monoisotopic (exact) mass is 337 g/mol. The lowest BCUT2D eigenvalue weighted by Crippen LogP contribution is -2.66. The van der Waals surface area contributed by atoms with Gasteiger partial charge < -0.3 is 29.4 Å². The van der Waals surface area contributed by atoms with Crippen LogP contribution in [0.2, 0.25) is 0 Å². The minimum atomic E-state index is -0.722. The quantitative estimate of drug-likeness (QED) is 0.769. The molecule has 3 rings (SSSR count). The third kappa shape index (κ3) is 3.79. The number of fused-ring (bicyclic) bond motifs is 1. The maximum absolute atomic E-state index is 10.8. The number of rotatable bonds is 6. The van der Waals surface area contributed by atoms with Crippen LogP contribution in [0.15, 0.2) is 30.3 Å². The number of aliphatic hydroxyl groups excluding tert-OH is 1. The van der Waals surface area contributed by atoms with E-state index in [2.05, 4.69) is 12.2 Å². The zero-order chi connectivity index (χ0) is 16.9. The van der Waals surface area contributed by atoms with E-state index in [1.165, 1.54) is 0 Å². The fraction of sp³-hybridized carbons (Fsp3) is 0.667.